The van der Waals surface area contributed by atoms with Crippen molar-refractivity contribution in [2.75, 3.05) is 19.8 Å². The molecule has 1 aliphatic heterocycles. The zero-order valence-corrected chi connectivity index (χ0v) is 12.8. The van der Waals surface area contributed by atoms with Gasteiger partial charge in [0.15, 0.2) is 0 Å². The Balaban J connectivity index is 1.66. The van der Waals surface area contributed by atoms with Gasteiger partial charge in [-0.3, -0.25) is 4.79 Å². The van der Waals surface area contributed by atoms with E-state index in [4.69, 9.17) is 4.74 Å². The fourth-order valence-corrected chi connectivity index (χ4v) is 2.95. The Kier molecular flexibility index (Phi) is 3.60. The lowest BCUT2D eigenvalue weighted by atomic mass is 9.94. The molecule has 3 rings (SSSR count). The summed E-state index contributed by atoms with van der Waals surface area (Å²) in [5.41, 5.74) is -0.241. The molecule has 0 radical (unpaired) electrons. The Hall–Kier alpha value is -0.910. The lowest BCUT2D eigenvalue weighted by molar-refractivity contribution is -0.124. The fourth-order valence-electron chi connectivity index (χ4n) is 2.69. The van der Waals surface area contributed by atoms with Gasteiger partial charge in [0.1, 0.15) is 5.60 Å². The lowest BCUT2D eigenvalue weighted by Gasteiger charge is -2.23. The molecule has 1 heterocycles. The number of halogens is 1. The molecule has 2 aliphatic rings. The molecule has 1 unspecified atom stereocenters. The molecule has 5 heteroatoms. The molecular weight excluding hydrogens is 322 g/mol. The summed E-state index contributed by atoms with van der Waals surface area (Å²) < 4.78 is 6.19. The van der Waals surface area contributed by atoms with E-state index in [0.29, 0.717) is 19.6 Å². The predicted octanol–water partition coefficient (Wildman–Crippen LogP) is 1.75. The highest BCUT2D eigenvalue weighted by Crippen LogP contribution is 2.48. The summed E-state index contributed by atoms with van der Waals surface area (Å²) in [4.78, 5) is 12.4. The summed E-state index contributed by atoms with van der Waals surface area (Å²) in [5.74, 6) is 0.0140. The Morgan fingerprint density at radius 1 is 1.30 bits per heavy atom. The number of carbonyl (C=O) groups excluding carboxylic acids is 1. The van der Waals surface area contributed by atoms with Crippen molar-refractivity contribution in [2.24, 2.45) is 0 Å². The number of aliphatic hydroxyl groups is 1. The maximum atomic E-state index is 12.4. The highest BCUT2D eigenvalue weighted by Gasteiger charge is 2.51. The van der Waals surface area contributed by atoms with Crippen molar-refractivity contribution in [3.63, 3.8) is 0 Å². The van der Waals surface area contributed by atoms with E-state index in [1.807, 2.05) is 24.3 Å². The van der Waals surface area contributed by atoms with E-state index >= 15 is 0 Å². The lowest BCUT2D eigenvalue weighted by Crippen LogP contribution is -2.46. The largest absolute Gasteiger partial charge is 0.386 e. The smallest absolute Gasteiger partial charge is 0.230 e. The molecule has 1 aromatic rings. The van der Waals surface area contributed by atoms with Gasteiger partial charge in [-0.1, -0.05) is 28.1 Å². The Labute approximate surface area is 126 Å². The van der Waals surface area contributed by atoms with Crippen molar-refractivity contribution in [1.82, 2.24) is 5.32 Å². The van der Waals surface area contributed by atoms with E-state index in [1.165, 1.54) is 0 Å². The third kappa shape index (κ3) is 2.62. The molecule has 0 bridgehead atoms. The molecule has 2 N–H and O–H groups in total. The number of nitrogens with one attached hydrogen (secondary N) is 1. The number of amides is 1. The molecular formula is C15H18BrNO3. The van der Waals surface area contributed by atoms with Crippen LogP contribution in [0, 0.1) is 0 Å². The number of ether oxygens (including phenoxy) is 1. The maximum Gasteiger partial charge on any atom is 0.230 e. The van der Waals surface area contributed by atoms with E-state index in [1.54, 1.807) is 0 Å². The van der Waals surface area contributed by atoms with Crippen LogP contribution in [0.4, 0.5) is 0 Å². The van der Waals surface area contributed by atoms with Gasteiger partial charge < -0.3 is 15.2 Å². The molecule has 108 valence electrons. The van der Waals surface area contributed by atoms with Crippen LogP contribution in [0.5, 0.6) is 0 Å². The Bertz CT molecular complexity index is 504. The van der Waals surface area contributed by atoms with Crippen LogP contribution >= 0.6 is 15.9 Å². The van der Waals surface area contributed by atoms with E-state index in [2.05, 4.69) is 21.2 Å². The van der Waals surface area contributed by atoms with Gasteiger partial charge >= 0.3 is 0 Å². The monoisotopic (exact) mass is 339 g/mol. The molecule has 1 aliphatic carbocycles. The summed E-state index contributed by atoms with van der Waals surface area (Å²) in [6, 6.07) is 7.90. The van der Waals surface area contributed by atoms with Gasteiger partial charge in [-0.15, -0.1) is 0 Å². The molecule has 2 fully saturated rings. The zero-order valence-electron chi connectivity index (χ0n) is 11.2. The normalized spacial score (nSPS) is 27.3. The van der Waals surface area contributed by atoms with Crippen molar-refractivity contribution in [3.8, 4) is 0 Å². The summed E-state index contributed by atoms with van der Waals surface area (Å²) in [5, 5.41) is 13.1. The number of benzene rings is 1. The first-order valence-electron chi connectivity index (χ1n) is 6.89. The van der Waals surface area contributed by atoms with Crippen LogP contribution in [-0.2, 0) is 14.9 Å². The Morgan fingerprint density at radius 2 is 2.00 bits per heavy atom. The van der Waals surface area contributed by atoms with Gasteiger partial charge in [0, 0.05) is 24.0 Å². The average molecular weight is 340 g/mol. The van der Waals surface area contributed by atoms with Crippen molar-refractivity contribution < 1.29 is 14.6 Å². The van der Waals surface area contributed by atoms with E-state index < -0.39 is 11.0 Å². The minimum Gasteiger partial charge on any atom is -0.386 e. The molecule has 1 aromatic carbocycles. The number of hydrogen-bond acceptors (Lipinski definition) is 3. The van der Waals surface area contributed by atoms with E-state index in [-0.39, 0.29) is 12.5 Å². The minimum absolute atomic E-state index is 0.0140. The molecule has 4 nitrogen and oxygen atoms in total. The molecule has 0 aromatic heterocycles. The van der Waals surface area contributed by atoms with Gasteiger partial charge in [-0.2, -0.15) is 0 Å². The van der Waals surface area contributed by atoms with Gasteiger partial charge in [0.25, 0.3) is 0 Å². The standard InChI is InChI=1S/C15H18BrNO3/c16-12-3-1-11(2-4-12)15(5-6-15)13(18)17-9-14(19)7-8-20-10-14/h1-4,19H,5-10H2,(H,17,18). The van der Waals surface area contributed by atoms with Crippen molar-refractivity contribution in [1.29, 1.82) is 0 Å². The quantitative estimate of drug-likeness (QED) is 0.878. The van der Waals surface area contributed by atoms with Crippen LogP contribution in [-0.4, -0.2) is 36.4 Å². The van der Waals surface area contributed by atoms with Crippen molar-refractivity contribution in [2.45, 2.75) is 30.3 Å². The third-order valence-corrected chi connectivity index (χ3v) is 4.77. The molecule has 0 spiro atoms. The highest BCUT2D eigenvalue weighted by molar-refractivity contribution is 9.10. The SMILES string of the molecule is O=C(NCC1(O)CCOC1)C1(c2ccc(Br)cc2)CC1. The Morgan fingerprint density at radius 3 is 2.55 bits per heavy atom. The summed E-state index contributed by atoms with van der Waals surface area (Å²) in [6.07, 6.45) is 2.32. The third-order valence-electron chi connectivity index (χ3n) is 4.24. The van der Waals surface area contributed by atoms with Crippen molar-refractivity contribution >= 4 is 21.8 Å². The van der Waals surface area contributed by atoms with Crippen LogP contribution in [0.1, 0.15) is 24.8 Å². The highest BCUT2D eigenvalue weighted by atomic mass is 79.9. The zero-order chi connectivity index (χ0) is 14.2. The topological polar surface area (TPSA) is 58.6 Å². The van der Waals surface area contributed by atoms with Gasteiger partial charge in [0.2, 0.25) is 5.91 Å². The second-order valence-electron chi connectivity index (χ2n) is 5.80. The summed E-state index contributed by atoms with van der Waals surface area (Å²) >= 11 is 3.40. The van der Waals surface area contributed by atoms with Crippen LogP contribution in [0.25, 0.3) is 0 Å². The average Bonchev–Trinajstić information content (AvgIpc) is 3.14. The molecule has 1 atom stereocenters. The maximum absolute atomic E-state index is 12.4. The second kappa shape index (κ2) is 5.13. The first-order chi connectivity index (χ1) is 9.54. The summed E-state index contributed by atoms with van der Waals surface area (Å²) in [7, 11) is 0. The van der Waals surface area contributed by atoms with Crippen LogP contribution in [0.2, 0.25) is 0 Å². The van der Waals surface area contributed by atoms with Gasteiger partial charge in [-0.25, -0.2) is 0 Å². The molecule has 1 amide bonds. The predicted molar refractivity (Wildman–Crippen MR) is 78.4 cm³/mol. The minimum atomic E-state index is -0.897. The first-order valence-corrected chi connectivity index (χ1v) is 7.68. The number of carbonyl (C=O) groups is 1. The molecule has 1 saturated heterocycles. The van der Waals surface area contributed by atoms with Crippen LogP contribution < -0.4 is 5.32 Å². The van der Waals surface area contributed by atoms with Crippen LogP contribution in [0.15, 0.2) is 28.7 Å². The summed E-state index contributed by atoms with van der Waals surface area (Å²) in [6.45, 7) is 1.13. The number of rotatable bonds is 4. The fraction of sp³-hybridized carbons (Fsp3) is 0.533. The van der Waals surface area contributed by atoms with Gasteiger partial charge in [0.05, 0.1) is 12.0 Å². The number of hydrogen-bond donors (Lipinski definition) is 2. The second-order valence-corrected chi connectivity index (χ2v) is 6.71. The molecule has 1 saturated carbocycles. The van der Waals surface area contributed by atoms with Crippen LogP contribution in [0.3, 0.4) is 0 Å². The van der Waals surface area contributed by atoms with Crippen molar-refractivity contribution in [3.05, 3.63) is 34.3 Å². The van der Waals surface area contributed by atoms with E-state index in [9.17, 15) is 9.90 Å². The molecule has 20 heavy (non-hydrogen) atoms. The van der Waals surface area contributed by atoms with Gasteiger partial charge in [-0.05, 0) is 30.5 Å². The first kappa shape index (κ1) is 14.0. The van der Waals surface area contributed by atoms with E-state index in [0.717, 1.165) is 22.9 Å².